The van der Waals surface area contributed by atoms with E-state index in [2.05, 4.69) is 29.4 Å². The van der Waals surface area contributed by atoms with Gasteiger partial charge in [-0.25, -0.2) is 0 Å². The third kappa shape index (κ3) is 27.4. The lowest BCUT2D eigenvalue weighted by Gasteiger charge is -2.22. The number of carbonyl (C=O) groups excluding carboxylic acids is 4. The molecule has 1 unspecified atom stereocenters. The molecular weight excluding hydrogens is 614 g/mol. The van der Waals surface area contributed by atoms with Gasteiger partial charge in [0.15, 0.2) is 0 Å². The van der Waals surface area contributed by atoms with Crippen molar-refractivity contribution >= 4 is 24.1 Å². The summed E-state index contributed by atoms with van der Waals surface area (Å²) >= 11 is 0. The normalized spacial score (nSPS) is 14.4. The number of aldehydes is 1. The van der Waals surface area contributed by atoms with Crippen LogP contribution < -0.4 is 10.6 Å². The number of carbonyl (C=O) groups is 4. The second-order valence-electron chi connectivity index (χ2n) is 14.6. The third-order valence-corrected chi connectivity index (χ3v) is 9.97. The summed E-state index contributed by atoms with van der Waals surface area (Å²) in [6.07, 6.45) is 32.6. The highest BCUT2D eigenvalue weighted by molar-refractivity contribution is 5.90. The molecule has 1 heterocycles. The average Bonchev–Trinajstić information content (AvgIpc) is 3.54. The fraction of sp³-hybridized carbons (Fsp3) is 0.902. The molecule has 1 aliphatic heterocycles. The van der Waals surface area contributed by atoms with Crippen LogP contribution >= 0.6 is 0 Å². The standard InChI is InChI=1S/C41H77N3O5/c1-3-5-7-9-14-20-27-37(28-21-15-10-8-6-4-2)49-40(47)29-22-16-13-18-24-34-44(33-23-17-11-12-19-25-36-45)35-26-32-42-41(48)38-30-31-39(46)43-38/h36-38H,3-35H2,1-2H3,(H,42,48)(H,43,46). The SMILES string of the molecule is CCCCCCCCC(CCCCCCCC)OC(=O)CCCCCCCN(CCCCCCCC=O)CCCNC(=O)C1CCC(=O)N1. The van der Waals surface area contributed by atoms with Crippen molar-refractivity contribution in [1.29, 1.82) is 0 Å². The number of rotatable bonds is 36. The Morgan fingerprint density at radius 1 is 0.735 bits per heavy atom. The summed E-state index contributed by atoms with van der Waals surface area (Å²) in [5.74, 6) is -0.104. The smallest absolute Gasteiger partial charge is 0.306 e. The quantitative estimate of drug-likeness (QED) is 0.0386. The third-order valence-electron chi connectivity index (χ3n) is 9.97. The van der Waals surface area contributed by atoms with E-state index in [4.69, 9.17) is 4.74 Å². The van der Waals surface area contributed by atoms with Crippen molar-refractivity contribution in [3.63, 3.8) is 0 Å². The van der Waals surface area contributed by atoms with Crippen LogP contribution in [0, 0.1) is 0 Å². The van der Waals surface area contributed by atoms with Gasteiger partial charge in [0.25, 0.3) is 0 Å². The number of nitrogens with one attached hydrogen (secondary N) is 2. The number of amides is 2. The minimum atomic E-state index is -0.374. The molecule has 0 aromatic rings. The van der Waals surface area contributed by atoms with Gasteiger partial charge in [0.2, 0.25) is 11.8 Å². The van der Waals surface area contributed by atoms with Crippen molar-refractivity contribution in [3.05, 3.63) is 0 Å². The monoisotopic (exact) mass is 692 g/mol. The Bertz CT molecular complexity index is 807. The first-order chi connectivity index (χ1) is 24.0. The lowest BCUT2D eigenvalue weighted by atomic mass is 10.0. The molecule has 2 amide bonds. The number of hydrogen-bond acceptors (Lipinski definition) is 6. The van der Waals surface area contributed by atoms with Gasteiger partial charge in [-0.05, 0) is 83.8 Å². The van der Waals surface area contributed by atoms with Crippen LogP contribution in [0.2, 0.25) is 0 Å². The Labute approximate surface area is 301 Å². The van der Waals surface area contributed by atoms with Crippen molar-refractivity contribution in [2.24, 2.45) is 0 Å². The van der Waals surface area contributed by atoms with E-state index in [9.17, 15) is 19.2 Å². The zero-order valence-corrected chi connectivity index (χ0v) is 32.1. The molecule has 0 radical (unpaired) electrons. The van der Waals surface area contributed by atoms with E-state index in [0.717, 1.165) is 96.5 Å². The minimum Gasteiger partial charge on any atom is -0.462 e. The van der Waals surface area contributed by atoms with Crippen LogP contribution in [0.25, 0.3) is 0 Å². The van der Waals surface area contributed by atoms with E-state index in [-0.39, 0.29) is 29.9 Å². The molecule has 1 saturated heterocycles. The van der Waals surface area contributed by atoms with Crippen LogP contribution in [0.3, 0.4) is 0 Å². The number of unbranched alkanes of at least 4 members (excludes halogenated alkanes) is 19. The largest absolute Gasteiger partial charge is 0.462 e. The highest BCUT2D eigenvalue weighted by Crippen LogP contribution is 2.18. The number of nitrogens with zero attached hydrogens (tertiary/aromatic N) is 1. The summed E-state index contributed by atoms with van der Waals surface area (Å²) in [5, 5.41) is 5.74. The summed E-state index contributed by atoms with van der Waals surface area (Å²) < 4.78 is 6.03. The van der Waals surface area contributed by atoms with Gasteiger partial charge in [-0.1, -0.05) is 117 Å². The minimum absolute atomic E-state index is 0.00158. The summed E-state index contributed by atoms with van der Waals surface area (Å²) in [6.45, 7) is 8.20. The molecule has 8 heteroatoms. The van der Waals surface area contributed by atoms with E-state index in [1.165, 1.54) is 89.9 Å². The van der Waals surface area contributed by atoms with Crippen LogP contribution in [0.15, 0.2) is 0 Å². The topological polar surface area (TPSA) is 105 Å². The van der Waals surface area contributed by atoms with Gasteiger partial charge in [-0.3, -0.25) is 14.4 Å². The maximum absolute atomic E-state index is 12.7. The summed E-state index contributed by atoms with van der Waals surface area (Å²) in [6, 6.07) is -0.374. The molecule has 0 bridgehead atoms. The van der Waals surface area contributed by atoms with Crippen LogP contribution in [0.1, 0.15) is 200 Å². The number of hydrogen-bond donors (Lipinski definition) is 2. The zero-order chi connectivity index (χ0) is 35.6. The highest BCUT2D eigenvalue weighted by Gasteiger charge is 2.26. The van der Waals surface area contributed by atoms with Gasteiger partial charge < -0.3 is 25.1 Å². The maximum atomic E-state index is 12.7. The van der Waals surface area contributed by atoms with Gasteiger partial charge in [0.05, 0.1) is 0 Å². The Kier molecular flexibility index (Phi) is 30.5. The predicted molar refractivity (Wildman–Crippen MR) is 203 cm³/mol. The van der Waals surface area contributed by atoms with Gasteiger partial charge in [-0.2, -0.15) is 0 Å². The van der Waals surface area contributed by atoms with Gasteiger partial charge >= 0.3 is 5.97 Å². The lowest BCUT2D eigenvalue weighted by molar-refractivity contribution is -0.150. The lowest BCUT2D eigenvalue weighted by Crippen LogP contribution is -2.42. The van der Waals surface area contributed by atoms with Crippen molar-refractivity contribution < 1.29 is 23.9 Å². The predicted octanol–water partition coefficient (Wildman–Crippen LogP) is 9.37. The fourth-order valence-electron chi connectivity index (χ4n) is 6.82. The maximum Gasteiger partial charge on any atom is 0.306 e. The van der Waals surface area contributed by atoms with Crippen molar-refractivity contribution in [1.82, 2.24) is 15.5 Å². The second kappa shape index (κ2) is 33.2. The highest BCUT2D eigenvalue weighted by atomic mass is 16.5. The second-order valence-corrected chi connectivity index (χ2v) is 14.6. The molecule has 286 valence electrons. The number of esters is 1. The zero-order valence-electron chi connectivity index (χ0n) is 32.1. The summed E-state index contributed by atoms with van der Waals surface area (Å²) in [4.78, 5) is 49.6. The van der Waals surface area contributed by atoms with Gasteiger partial charge in [0.1, 0.15) is 18.4 Å². The Morgan fingerprint density at radius 2 is 1.24 bits per heavy atom. The van der Waals surface area contributed by atoms with Crippen LogP contribution in [-0.2, 0) is 23.9 Å². The van der Waals surface area contributed by atoms with E-state index in [0.29, 0.717) is 32.2 Å². The Hall–Kier alpha value is -1.96. The van der Waals surface area contributed by atoms with E-state index in [1.54, 1.807) is 0 Å². The first-order valence-corrected chi connectivity index (χ1v) is 20.9. The Morgan fingerprint density at radius 3 is 1.80 bits per heavy atom. The van der Waals surface area contributed by atoms with Gasteiger partial charge in [-0.15, -0.1) is 0 Å². The van der Waals surface area contributed by atoms with Gasteiger partial charge in [0, 0.05) is 25.8 Å². The molecule has 1 rings (SSSR count). The van der Waals surface area contributed by atoms with E-state index < -0.39 is 0 Å². The molecule has 49 heavy (non-hydrogen) atoms. The van der Waals surface area contributed by atoms with Crippen molar-refractivity contribution in [3.8, 4) is 0 Å². The molecule has 0 aliphatic carbocycles. The first-order valence-electron chi connectivity index (χ1n) is 20.9. The molecule has 0 aromatic carbocycles. The van der Waals surface area contributed by atoms with E-state index >= 15 is 0 Å². The molecule has 0 aromatic heterocycles. The van der Waals surface area contributed by atoms with Crippen molar-refractivity contribution in [2.45, 2.75) is 212 Å². The van der Waals surface area contributed by atoms with Crippen molar-refractivity contribution in [2.75, 3.05) is 26.2 Å². The molecular formula is C41H77N3O5. The first kappa shape index (κ1) is 45.1. The fourth-order valence-corrected chi connectivity index (χ4v) is 6.82. The summed E-state index contributed by atoms with van der Waals surface area (Å²) in [5.41, 5.74) is 0. The molecule has 1 aliphatic rings. The van der Waals surface area contributed by atoms with Crippen LogP contribution in [-0.4, -0.2) is 67.3 Å². The van der Waals surface area contributed by atoms with E-state index in [1.807, 2.05) is 0 Å². The molecule has 0 spiro atoms. The average molecular weight is 692 g/mol. The van der Waals surface area contributed by atoms with Crippen LogP contribution in [0.5, 0.6) is 0 Å². The molecule has 0 saturated carbocycles. The molecule has 1 atom stereocenters. The molecule has 1 fully saturated rings. The Balaban J connectivity index is 2.31. The molecule has 8 nitrogen and oxygen atoms in total. The van der Waals surface area contributed by atoms with Crippen LogP contribution in [0.4, 0.5) is 0 Å². The number of ether oxygens (including phenoxy) is 1. The summed E-state index contributed by atoms with van der Waals surface area (Å²) in [7, 11) is 0. The molecule has 2 N–H and O–H groups in total.